The first-order valence-corrected chi connectivity index (χ1v) is 7.76. The molecule has 6 nitrogen and oxygen atoms in total. The summed E-state index contributed by atoms with van der Waals surface area (Å²) < 4.78 is 0. The van der Waals surface area contributed by atoms with Crippen LogP contribution in [0, 0.1) is 0 Å². The Balaban J connectivity index is 2.19. The van der Waals surface area contributed by atoms with Gasteiger partial charge >= 0.3 is 5.97 Å². The van der Waals surface area contributed by atoms with Crippen molar-refractivity contribution in [3.63, 3.8) is 0 Å². The van der Waals surface area contributed by atoms with Crippen molar-refractivity contribution in [3.8, 4) is 0 Å². The summed E-state index contributed by atoms with van der Waals surface area (Å²) in [7, 11) is 0. The zero-order valence-corrected chi connectivity index (χ0v) is 13.8. The van der Waals surface area contributed by atoms with Gasteiger partial charge in [-0.1, -0.05) is 17.7 Å². The van der Waals surface area contributed by atoms with Crippen LogP contribution >= 0.6 is 11.6 Å². The fraction of sp³-hybridized carbons (Fsp3) is 0.235. The summed E-state index contributed by atoms with van der Waals surface area (Å²) in [5, 5.41) is 14.5. The molecule has 0 saturated carbocycles. The van der Waals surface area contributed by atoms with E-state index in [0.29, 0.717) is 23.4 Å². The van der Waals surface area contributed by atoms with E-state index in [1.54, 1.807) is 25.1 Å². The number of amides is 1. The maximum atomic E-state index is 11.8. The third-order valence-electron chi connectivity index (χ3n) is 3.62. The van der Waals surface area contributed by atoms with E-state index in [9.17, 15) is 14.4 Å². The maximum Gasteiger partial charge on any atom is 0.328 e. The third-order valence-corrected chi connectivity index (χ3v) is 4.03. The van der Waals surface area contributed by atoms with Crippen LogP contribution in [0.4, 0.5) is 11.4 Å². The average molecular weight is 349 g/mol. The molecule has 0 radical (unpaired) electrons. The lowest BCUT2D eigenvalue weighted by molar-refractivity contribution is -0.131. The Morgan fingerprint density at radius 1 is 1.21 bits per heavy atom. The number of carboxylic acid groups (broad SMARTS) is 1. The van der Waals surface area contributed by atoms with Crippen LogP contribution in [-0.4, -0.2) is 22.8 Å². The lowest BCUT2D eigenvalue weighted by atomic mass is 9.96. The molecule has 0 unspecified atom stereocenters. The molecule has 24 heavy (non-hydrogen) atoms. The van der Waals surface area contributed by atoms with Gasteiger partial charge in [-0.3, -0.25) is 9.59 Å². The molecule has 1 amide bonds. The zero-order valence-electron chi connectivity index (χ0n) is 13.1. The molecule has 126 valence electrons. The number of Topliss-reactive ketones (excluding diaryl/α,β-unsaturated/α-hetero) is 1. The summed E-state index contributed by atoms with van der Waals surface area (Å²) in [6, 6.07) is 5.04. The molecule has 0 saturated heterocycles. The van der Waals surface area contributed by atoms with Gasteiger partial charge in [0.1, 0.15) is 0 Å². The standard InChI is InChI=1S/C17H17ClN2O4/c1-10-11(4-3-7-14(10)21)19-12-5-2-6-13(17(12)18)20-15(22)8-9-16(23)24/h2,5-6,8-9,19H,3-4,7H2,1H3,(H,20,22)(H,23,24). The van der Waals surface area contributed by atoms with Crippen LogP contribution < -0.4 is 10.6 Å². The van der Waals surface area contributed by atoms with E-state index in [0.717, 1.165) is 30.7 Å². The monoisotopic (exact) mass is 348 g/mol. The SMILES string of the molecule is CC1=C(Nc2cccc(NC(=O)C=CC(=O)O)c2Cl)CCCC1=O. The summed E-state index contributed by atoms with van der Waals surface area (Å²) in [4.78, 5) is 33.9. The molecule has 0 bridgehead atoms. The number of carbonyl (C=O) groups is 3. The highest BCUT2D eigenvalue weighted by Crippen LogP contribution is 2.33. The maximum absolute atomic E-state index is 11.8. The normalized spacial score (nSPS) is 14.8. The summed E-state index contributed by atoms with van der Waals surface area (Å²) in [6.07, 6.45) is 3.74. The molecule has 0 spiro atoms. The van der Waals surface area contributed by atoms with Crippen LogP contribution in [0.5, 0.6) is 0 Å². The second-order valence-electron chi connectivity index (χ2n) is 5.33. The van der Waals surface area contributed by atoms with Gasteiger partial charge in [-0.15, -0.1) is 0 Å². The highest BCUT2D eigenvalue weighted by molar-refractivity contribution is 6.36. The number of hydrogen-bond acceptors (Lipinski definition) is 4. The zero-order chi connectivity index (χ0) is 17.7. The Kier molecular flexibility index (Phi) is 5.76. The molecule has 1 aliphatic carbocycles. The van der Waals surface area contributed by atoms with Crippen LogP contribution in [0.3, 0.4) is 0 Å². The summed E-state index contributed by atoms with van der Waals surface area (Å²) in [6.45, 7) is 1.78. The first-order valence-electron chi connectivity index (χ1n) is 7.39. The summed E-state index contributed by atoms with van der Waals surface area (Å²) >= 11 is 6.29. The molecule has 0 aliphatic heterocycles. The second-order valence-corrected chi connectivity index (χ2v) is 5.71. The number of hydrogen-bond donors (Lipinski definition) is 3. The largest absolute Gasteiger partial charge is 0.478 e. The van der Waals surface area contributed by atoms with Crippen molar-refractivity contribution in [2.24, 2.45) is 0 Å². The Bertz CT molecular complexity index is 753. The van der Waals surface area contributed by atoms with Gasteiger partial charge in [0.15, 0.2) is 5.78 Å². The molecule has 1 aliphatic rings. The molecule has 0 fully saturated rings. The predicted molar refractivity (Wildman–Crippen MR) is 92.0 cm³/mol. The molecule has 1 aromatic carbocycles. The molecule has 1 aromatic rings. The van der Waals surface area contributed by atoms with Crippen molar-refractivity contribution in [2.45, 2.75) is 26.2 Å². The Hall–Kier alpha value is -2.60. The number of carboxylic acids is 1. The van der Waals surface area contributed by atoms with Gasteiger partial charge in [0, 0.05) is 29.8 Å². The van der Waals surface area contributed by atoms with Crippen molar-refractivity contribution in [2.75, 3.05) is 10.6 Å². The van der Waals surface area contributed by atoms with Crippen molar-refractivity contribution in [1.29, 1.82) is 0 Å². The van der Waals surface area contributed by atoms with Gasteiger partial charge in [0.05, 0.1) is 16.4 Å². The quantitative estimate of drug-likeness (QED) is 0.709. The third kappa shape index (κ3) is 4.45. The predicted octanol–water partition coefficient (Wildman–Crippen LogP) is 3.36. The van der Waals surface area contributed by atoms with Crippen LogP contribution in [0.1, 0.15) is 26.2 Å². The van der Waals surface area contributed by atoms with E-state index in [2.05, 4.69) is 10.6 Å². The smallest absolute Gasteiger partial charge is 0.328 e. The van der Waals surface area contributed by atoms with Gasteiger partial charge in [-0.05, 0) is 31.9 Å². The van der Waals surface area contributed by atoms with E-state index < -0.39 is 11.9 Å². The van der Waals surface area contributed by atoms with Crippen molar-refractivity contribution < 1.29 is 19.5 Å². The Morgan fingerprint density at radius 2 is 1.92 bits per heavy atom. The Morgan fingerprint density at radius 3 is 2.62 bits per heavy atom. The van der Waals surface area contributed by atoms with Crippen molar-refractivity contribution in [1.82, 2.24) is 0 Å². The number of aliphatic carboxylic acids is 1. The van der Waals surface area contributed by atoms with Gasteiger partial charge in [-0.2, -0.15) is 0 Å². The number of benzene rings is 1. The minimum Gasteiger partial charge on any atom is -0.478 e. The second kappa shape index (κ2) is 7.79. The number of anilines is 2. The van der Waals surface area contributed by atoms with Gasteiger partial charge in [-0.25, -0.2) is 4.79 Å². The fourth-order valence-electron chi connectivity index (χ4n) is 2.33. The molecule has 2 rings (SSSR count). The molecular formula is C17H17ClN2O4. The molecule has 0 aromatic heterocycles. The van der Waals surface area contributed by atoms with Crippen LogP contribution in [0.15, 0.2) is 41.6 Å². The minimum atomic E-state index is -1.21. The van der Waals surface area contributed by atoms with Crippen molar-refractivity contribution >= 4 is 40.6 Å². The van der Waals surface area contributed by atoms with Gasteiger partial charge in [0.2, 0.25) is 5.91 Å². The Labute approximate surface area is 144 Å². The topological polar surface area (TPSA) is 95.5 Å². The van der Waals surface area contributed by atoms with Crippen LogP contribution in [0.2, 0.25) is 5.02 Å². The minimum absolute atomic E-state index is 0.114. The lowest BCUT2D eigenvalue weighted by Gasteiger charge is -2.20. The average Bonchev–Trinajstić information content (AvgIpc) is 2.53. The molecule has 3 N–H and O–H groups in total. The number of carbonyl (C=O) groups excluding carboxylic acids is 2. The van der Waals surface area contributed by atoms with Gasteiger partial charge in [0.25, 0.3) is 0 Å². The highest BCUT2D eigenvalue weighted by atomic mass is 35.5. The number of allylic oxidation sites excluding steroid dienone is 2. The number of rotatable bonds is 5. The first kappa shape index (κ1) is 17.7. The highest BCUT2D eigenvalue weighted by Gasteiger charge is 2.18. The van der Waals surface area contributed by atoms with Gasteiger partial charge < -0.3 is 15.7 Å². The van der Waals surface area contributed by atoms with Crippen LogP contribution in [-0.2, 0) is 14.4 Å². The molecule has 0 heterocycles. The fourth-order valence-corrected chi connectivity index (χ4v) is 2.55. The van der Waals surface area contributed by atoms with Crippen molar-refractivity contribution in [3.05, 3.63) is 46.6 Å². The number of ketones is 1. The van der Waals surface area contributed by atoms with E-state index in [-0.39, 0.29) is 10.8 Å². The van der Waals surface area contributed by atoms with E-state index in [1.807, 2.05) is 0 Å². The molecule has 7 heteroatoms. The lowest BCUT2D eigenvalue weighted by Crippen LogP contribution is -2.15. The molecule has 0 atom stereocenters. The molecular weight excluding hydrogens is 332 g/mol. The summed E-state index contributed by atoms with van der Waals surface area (Å²) in [5.74, 6) is -1.70. The van der Waals surface area contributed by atoms with Crippen LogP contribution in [0.25, 0.3) is 0 Å². The van der Waals surface area contributed by atoms with E-state index in [1.165, 1.54) is 0 Å². The first-order chi connectivity index (χ1) is 11.4. The summed E-state index contributed by atoms with van der Waals surface area (Å²) in [5.41, 5.74) is 2.43. The number of halogens is 1. The van der Waals surface area contributed by atoms with E-state index >= 15 is 0 Å². The number of nitrogens with one attached hydrogen (secondary N) is 2. The van der Waals surface area contributed by atoms with E-state index in [4.69, 9.17) is 16.7 Å².